The molecule has 0 spiro atoms. The predicted octanol–water partition coefficient (Wildman–Crippen LogP) is 29.2. The fourth-order valence-corrected chi connectivity index (χ4v) is 541. The molecule has 0 amide bonds. The summed E-state index contributed by atoms with van der Waals surface area (Å²) in [6.07, 6.45) is 13.4. The van der Waals surface area contributed by atoms with Gasteiger partial charge in [-0.15, -0.1) is 0 Å². The van der Waals surface area contributed by atoms with E-state index in [9.17, 15) is 0 Å². The summed E-state index contributed by atoms with van der Waals surface area (Å²) >= 11 is 0. The minimum absolute atomic E-state index is 0.559. The maximum Gasteiger partial charge on any atom is 0.0503 e. The minimum atomic E-state index is -1.55. The standard InChI is InChI=1S/2C38H98Si14/c2*1-43(2,3)35(44(4,5)6)31-32-36(45(7,8)9,46(10,11)12)39(35)41(51(25,26)27)42(52(28,29)30)40-37(47(13,14)15,48(16,17)18)33-34-38(40,49(19,20)21)50(22,23)24/h2*31-34H2,1-30H3. The van der Waals surface area contributed by atoms with Crippen LogP contribution in [0.1, 0.15) is 51.4 Å². The largest absolute Gasteiger partial charge is 0.0694 e. The van der Waals surface area contributed by atoms with Crippen molar-refractivity contribution in [2.24, 2.45) is 0 Å². The van der Waals surface area contributed by atoms with E-state index in [4.69, 9.17) is 0 Å². The molecule has 0 aromatic heterocycles. The summed E-state index contributed by atoms with van der Waals surface area (Å²) in [6, 6.07) is 0. The lowest BCUT2D eigenvalue weighted by Crippen LogP contribution is -2.75. The van der Waals surface area contributed by atoms with Crippen molar-refractivity contribution in [1.29, 1.82) is 0 Å². The van der Waals surface area contributed by atoms with E-state index in [-0.39, 0.29) is 0 Å². The first kappa shape index (κ1) is 104. The van der Waals surface area contributed by atoms with Crippen molar-refractivity contribution in [3.8, 4) is 0 Å². The Balaban J connectivity index is 0.000000540. The van der Waals surface area contributed by atoms with Gasteiger partial charge < -0.3 is 0 Å². The van der Waals surface area contributed by atoms with E-state index in [0.29, 0.717) is 0 Å². The summed E-state index contributed by atoms with van der Waals surface area (Å²) in [6.45, 7) is 177. The average molecular weight is 1900 g/mol. The number of hydrogen-bond acceptors (Lipinski definition) is 0. The van der Waals surface area contributed by atoms with Crippen LogP contribution in [0.5, 0.6) is 0 Å². The van der Waals surface area contributed by atoms with Crippen LogP contribution in [0.3, 0.4) is 0 Å². The van der Waals surface area contributed by atoms with Crippen LogP contribution in [-0.4, -0.2) is 219 Å². The van der Waals surface area contributed by atoms with Gasteiger partial charge >= 0.3 is 0 Å². The summed E-state index contributed by atoms with van der Waals surface area (Å²) in [7, 11) is -33.5. The van der Waals surface area contributed by atoms with Gasteiger partial charge in [-0.2, -0.15) is 0 Å². The Bertz CT molecular complexity index is 2550. The van der Waals surface area contributed by atoms with Crippen LogP contribution in [0.2, 0.25) is 427 Å². The zero-order valence-electron chi connectivity index (χ0n) is 83.7. The highest BCUT2D eigenvalue weighted by Crippen LogP contribution is 2.75. The van der Waals surface area contributed by atoms with Crippen LogP contribution in [-0.2, 0) is 0 Å². The highest BCUT2D eigenvalue weighted by molar-refractivity contribution is 7.81. The lowest BCUT2D eigenvalue weighted by atomic mass is 10.4. The second kappa shape index (κ2) is 30.0. The molecule has 0 bridgehead atoms. The SMILES string of the molecule is C[Si](C)(C)[Si](=[Si]1C([Si](C)(C)C)([Si](C)(C)C)CCC1([Si](C)(C)C)[Si](C)(C)C)[Si](=[Si]1C([Si](C)(C)C)([Si](C)(C)C)CCC1([Si](C)(C)C)[Si](C)(C)C)[Si](C)(C)C.C[Si](C)(C)[Si](=[Si]1C([Si](C)(C)C)([Si](C)(C)C)CCC1([Si](C)(C)C)[Si](C)(C)C)[Si](=[Si]1C([Si](C)(C)C)([Si](C)(C)C)CCC1([Si](C)(C)C)[Si](C)(C)C)[Si](C)(C)C. The minimum Gasteiger partial charge on any atom is -0.0694 e. The van der Waals surface area contributed by atoms with E-state index in [1.165, 1.54) is 0 Å². The summed E-state index contributed by atoms with van der Waals surface area (Å²) in [4.78, 5) is 0. The second-order valence-corrected chi connectivity index (χ2v) is 246. The quantitative estimate of drug-likeness (QED) is 0.0948. The highest BCUT2D eigenvalue weighted by Gasteiger charge is 2.77. The van der Waals surface area contributed by atoms with Gasteiger partial charge in [0.2, 0.25) is 0 Å². The molecule has 28 heteroatoms. The number of hydrogen-bond donors (Lipinski definition) is 0. The third kappa shape index (κ3) is 16.5. The summed E-state index contributed by atoms with van der Waals surface area (Å²) in [5.74, 6) is 0. The fourth-order valence-electron chi connectivity index (χ4n) is 30.2. The first-order valence-corrected chi connectivity index (χ1v) is 135. The molecular weight excluding hydrogens is 1700 g/mol. The molecule has 0 N–H and O–H groups in total. The summed E-state index contributed by atoms with van der Waals surface area (Å²) < 4.78 is 6.21. The lowest BCUT2D eigenvalue weighted by Gasteiger charge is -2.62. The molecule has 0 nitrogen and oxygen atoms in total. The van der Waals surface area contributed by atoms with E-state index in [0.717, 1.165) is 34.3 Å². The van der Waals surface area contributed by atoms with E-state index < -0.39 is 219 Å². The molecule has 612 valence electrons. The Morgan fingerprint density at radius 2 is 0.183 bits per heavy atom. The molecule has 0 aromatic rings. The maximum atomic E-state index is 3.08. The third-order valence-corrected chi connectivity index (χ3v) is 336. The van der Waals surface area contributed by atoms with Gasteiger partial charge in [-0.1, -0.05) is 444 Å². The Morgan fingerprint density at radius 3 is 0.221 bits per heavy atom. The van der Waals surface area contributed by atoms with Crippen molar-refractivity contribution in [1.82, 2.24) is 0 Å². The fraction of sp³-hybridized carbons (Fsp3) is 1.00. The van der Waals surface area contributed by atoms with Crippen LogP contribution in [0.4, 0.5) is 0 Å². The first-order valence-electron chi connectivity index (χ1n) is 43.3. The van der Waals surface area contributed by atoms with E-state index in [1.807, 2.05) is 0 Å². The Labute approximate surface area is 689 Å². The summed E-state index contributed by atoms with van der Waals surface area (Å²) in [5, 5.41) is 0. The van der Waals surface area contributed by atoms with Gasteiger partial charge in [-0.25, -0.2) is 0 Å². The molecule has 104 heavy (non-hydrogen) atoms. The van der Waals surface area contributed by atoms with Crippen molar-refractivity contribution in [2.45, 2.75) is 478 Å². The van der Waals surface area contributed by atoms with Gasteiger partial charge in [0.1, 0.15) is 0 Å². The molecule has 4 heterocycles. The third-order valence-electron chi connectivity index (χ3n) is 31.9. The van der Waals surface area contributed by atoms with Crippen molar-refractivity contribution >= 4 is 219 Å². The summed E-state index contributed by atoms with van der Waals surface area (Å²) in [5.41, 5.74) is 0. The van der Waals surface area contributed by atoms with Crippen LogP contribution < -0.4 is 0 Å². The first-order chi connectivity index (χ1) is 44.3. The molecule has 4 aliphatic rings. The van der Waals surface area contributed by atoms with E-state index in [2.05, 4.69) is 393 Å². The lowest BCUT2D eigenvalue weighted by molar-refractivity contribution is 0.763. The molecule has 0 radical (unpaired) electrons. The van der Waals surface area contributed by atoms with Crippen molar-refractivity contribution in [3.63, 3.8) is 0 Å². The molecule has 4 fully saturated rings. The maximum absolute atomic E-state index is 3.08. The molecular formula is C76H196Si28. The van der Waals surface area contributed by atoms with Gasteiger partial charge in [-0.3, -0.25) is 0 Å². The van der Waals surface area contributed by atoms with Gasteiger partial charge in [0.15, 0.2) is 0 Å². The molecule has 0 saturated carbocycles. The van der Waals surface area contributed by atoms with Crippen molar-refractivity contribution in [3.05, 3.63) is 0 Å². The molecule has 0 aliphatic carbocycles. The average Bonchev–Trinajstić information content (AvgIpc) is 1.44. The molecule has 4 rings (SSSR count). The van der Waals surface area contributed by atoms with Crippen LogP contribution in [0.25, 0.3) is 0 Å². The molecule has 4 aliphatic heterocycles. The Morgan fingerprint density at radius 1 is 0.125 bits per heavy atom. The zero-order chi connectivity index (χ0) is 84.3. The van der Waals surface area contributed by atoms with Gasteiger partial charge in [0, 0.05) is 129 Å². The normalized spacial score (nSPS) is 22.3. The molecule has 4 saturated heterocycles. The van der Waals surface area contributed by atoms with Gasteiger partial charge in [0.25, 0.3) is 0 Å². The van der Waals surface area contributed by atoms with E-state index in [1.54, 1.807) is 51.4 Å². The highest BCUT2D eigenvalue weighted by atomic mass is 30.0. The van der Waals surface area contributed by atoms with Crippen LogP contribution in [0.15, 0.2) is 0 Å². The molecule has 0 aromatic carbocycles. The van der Waals surface area contributed by atoms with Gasteiger partial charge in [0.05, 0.1) is 30.4 Å². The monoisotopic (exact) mass is 1890 g/mol. The van der Waals surface area contributed by atoms with Gasteiger partial charge in [-0.05, 0) is 93.5 Å². The van der Waals surface area contributed by atoms with Crippen molar-refractivity contribution in [2.75, 3.05) is 0 Å². The number of rotatable bonds is 22. The van der Waals surface area contributed by atoms with E-state index >= 15 is 0 Å². The van der Waals surface area contributed by atoms with Crippen LogP contribution >= 0.6 is 0 Å². The molecule has 0 atom stereocenters. The topological polar surface area (TPSA) is 0 Å². The van der Waals surface area contributed by atoms with Crippen LogP contribution in [0, 0.1) is 0 Å². The smallest absolute Gasteiger partial charge is 0.0503 e. The van der Waals surface area contributed by atoms with Crippen molar-refractivity contribution < 1.29 is 0 Å². The molecule has 0 unspecified atom stereocenters. The predicted molar refractivity (Wildman–Crippen MR) is 571 cm³/mol. The zero-order valence-corrected chi connectivity index (χ0v) is 112. The second-order valence-electron chi connectivity index (χ2n) is 57.2. The Kier molecular flexibility index (Phi) is 30.1. The Hall–Kier alpha value is 6.07.